The first-order valence-electron chi connectivity index (χ1n) is 14.0. The monoisotopic (exact) mass is 618 g/mol. The highest BCUT2D eigenvalue weighted by atomic mass is 35.5. The Bertz CT molecular complexity index is 1660. The van der Waals surface area contributed by atoms with E-state index in [0.29, 0.717) is 33.6 Å². The topological polar surface area (TPSA) is 85.7 Å². The van der Waals surface area contributed by atoms with E-state index in [1.54, 1.807) is 23.8 Å². The Labute approximate surface area is 261 Å². The third kappa shape index (κ3) is 5.96. The number of carbonyl (C=O) groups excluding carboxylic acids is 2. The van der Waals surface area contributed by atoms with E-state index in [1.165, 1.54) is 11.8 Å². The van der Waals surface area contributed by atoms with E-state index in [4.69, 9.17) is 26.2 Å². The summed E-state index contributed by atoms with van der Waals surface area (Å²) in [6.07, 6.45) is 0. The minimum atomic E-state index is -0.394. The van der Waals surface area contributed by atoms with Gasteiger partial charge in [0.15, 0.2) is 0 Å². The van der Waals surface area contributed by atoms with Crippen LogP contribution in [0.15, 0.2) is 60.7 Å². The maximum absolute atomic E-state index is 14.0. The zero-order valence-corrected chi connectivity index (χ0v) is 26.7. The summed E-state index contributed by atoms with van der Waals surface area (Å²) < 4.78 is 13.4. The number of rotatable bonds is 8. The summed E-state index contributed by atoms with van der Waals surface area (Å²) in [5, 5.41) is 8.33. The number of methoxy groups -OCH3 is 2. The summed E-state index contributed by atoms with van der Waals surface area (Å²) in [6, 6.07) is 19.2. The second-order valence-electron chi connectivity index (χ2n) is 10.7. The Morgan fingerprint density at radius 3 is 2.40 bits per heavy atom. The number of halogens is 1. The minimum absolute atomic E-state index is 0.0862. The number of nitrogens with zero attached hydrogens (tertiary/aromatic N) is 3. The fourth-order valence-corrected chi connectivity index (χ4v) is 6.99. The Morgan fingerprint density at radius 2 is 1.77 bits per heavy atom. The highest BCUT2D eigenvalue weighted by molar-refractivity contribution is 8.00. The molecule has 0 aliphatic carbocycles. The van der Waals surface area contributed by atoms with Crippen LogP contribution in [-0.4, -0.2) is 54.2 Å². The van der Waals surface area contributed by atoms with Crippen LogP contribution in [-0.2, 0) is 9.59 Å². The summed E-state index contributed by atoms with van der Waals surface area (Å²) in [5.74, 6) is 1.30. The molecule has 0 unspecified atom stereocenters. The number of hydrogen-bond donors (Lipinski definition) is 1. The molecule has 1 aliphatic heterocycles. The molecular formula is C33H35ClN4O4S. The molecule has 4 aromatic rings. The molecule has 0 saturated heterocycles. The third-order valence-corrected chi connectivity index (χ3v) is 8.85. The third-order valence-electron chi connectivity index (χ3n) is 7.27. The molecule has 2 amide bonds. The summed E-state index contributed by atoms with van der Waals surface area (Å²) in [7, 11) is 3.20. The summed E-state index contributed by atoms with van der Waals surface area (Å²) in [6.45, 7) is 7.65. The Morgan fingerprint density at radius 1 is 1.07 bits per heavy atom. The van der Waals surface area contributed by atoms with E-state index in [9.17, 15) is 9.59 Å². The molecule has 10 heteroatoms. The van der Waals surface area contributed by atoms with Gasteiger partial charge in [-0.15, -0.1) is 11.8 Å². The van der Waals surface area contributed by atoms with Gasteiger partial charge < -0.3 is 14.8 Å². The van der Waals surface area contributed by atoms with Crippen molar-refractivity contribution < 1.29 is 19.1 Å². The molecule has 5 rings (SSSR count). The maximum Gasteiger partial charge on any atom is 0.240 e. The molecular weight excluding hydrogens is 584 g/mol. The van der Waals surface area contributed by atoms with Crippen LogP contribution in [0.4, 0.5) is 5.82 Å². The molecule has 0 bridgehead atoms. The molecule has 0 spiro atoms. The highest BCUT2D eigenvalue weighted by Gasteiger charge is 2.39. The zero-order valence-electron chi connectivity index (χ0n) is 25.1. The molecule has 1 N–H and O–H groups in total. The predicted molar refractivity (Wildman–Crippen MR) is 173 cm³/mol. The van der Waals surface area contributed by atoms with E-state index in [-0.39, 0.29) is 30.2 Å². The number of fused-ring (bicyclic) bond motifs is 1. The van der Waals surface area contributed by atoms with Crippen LogP contribution in [0.2, 0.25) is 5.02 Å². The van der Waals surface area contributed by atoms with Crippen LogP contribution in [0, 0.1) is 13.8 Å². The number of anilines is 1. The average molecular weight is 619 g/mol. The van der Waals surface area contributed by atoms with Gasteiger partial charge >= 0.3 is 0 Å². The first-order valence-corrected chi connectivity index (χ1v) is 15.4. The number of aryl methyl sites for hydroxylation is 2. The van der Waals surface area contributed by atoms with Crippen LogP contribution < -0.4 is 19.7 Å². The second-order valence-corrected chi connectivity index (χ2v) is 12.2. The number of nitrogens with one attached hydrogen (secondary N) is 1. The van der Waals surface area contributed by atoms with Crippen molar-refractivity contribution in [3.05, 3.63) is 87.9 Å². The standard InChI is InChI=1S/C33H35ClN4O4S/c1-19(2)35-27(39)17-37-28(40)18-43-32(22-10-7-8-11-23(22)34)30-31(29-25(41-5)12-9-13-26(29)42-6)36-38(33(30)37)24-15-14-20(3)16-21(24)4/h7-16,19,32H,17-18H2,1-6H3,(H,35,39)/t32-/m0/s1. The van der Waals surface area contributed by atoms with Gasteiger partial charge in [-0.2, -0.15) is 5.10 Å². The molecule has 0 fully saturated rings. The molecule has 1 aliphatic rings. The van der Waals surface area contributed by atoms with Crippen LogP contribution in [0.25, 0.3) is 16.9 Å². The number of hydrogen-bond acceptors (Lipinski definition) is 6. The van der Waals surface area contributed by atoms with Crippen molar-refractivity contribution in [2.24, 2.45) is 0 Å². The van der Waals surface area contributed by atoms with Gasteiger partial charge in [0.25, 0.3) is 0 Å². The fourth-order valence-electron chi connectivity index (χ4n) is 5.44. The predicted octanol–water partition coefficient (Wildman–Crippen LogP) is 6.52. The first kappa shape index (κ1) is 30.5. The van der Waals surface area contributed by atoms with Gasteiger partial charge in [0.1, 0.15) is 29.6 Å². The molecule has 43 heavy (non-hydrogen) atoms. The van der Waals surface area contributed by atoms with E-state index in [0.717, 1.165) is 27.9 Å². The Kier molecular flexibility index (Phi) is 9.03. The minimum Gasteiger partial charge on any atom is -0.496 e. The van der Waals surface area contributed by atoms with E-state index >= 15 is 0 Å². The lowest BCUT2D eigenvalue weighted by Gasteiger charge is -2.24. The smallest absolute Gasteiger partial charge is 0.240 e. The van der Waals surface area contributed by atoms with Crippen molar-refractivity contribution >= 4 is 41.0 Å². The lowest BCUT2D eigenvalue weighted by Crippen LogP contribution is -2.44. The van der Waals surface area contributed by atoms with Crippen molar-refractivity contribution in [3.8, 4) is 28.4 Å². The van der Waals surface area contributed by atoms with Crippen molar-refractivity contribution in [3.63, 3.8) is 0 Å². The quantitative estimate of drug-likeness (QED) is 0.242. The van der Waals surface area contributed by atoms with Crippen molar-refractivity contribution in [1.29, 1.82) is 0 Å². The van der Waals surface area contributed by atoms with Crippen LogP contribution in [0.5, 0.6) is 11.5 Å². The number of benzene rings is 3. The van der Waals surface area contributed by atoms with Gasteiger partial charge in [-0.25, -0.2) is 4.68 Å². The Balaban J connectivity index is 1.92. The summed E-state index contributed by atoms with van der Waals surface area (Å²) in [5.41, 5.74) is 5.65. The van der Waals surface area contributed by atoms with Gasteiger partial charge in [-0.3, -0.25) is 14.5 Å². The molecule has 0 radical (unpaired) electrons. The molecule has 224 valence electrons. The largest absolute Gasteiger partial charge is 0.496 e. The summed E-state index contributed by atoms with van der Waals surface area (Å²) >= 11 is 8.28. The fraction of sp³-hybridized carbons (Fsp3) is 0.303. The number of thioether (sulfide) groups is 1. The van der Waals surface area contributed by atoms with Crippen molar-refractivity contribution in [2.45, 2.75) is 39.0 Å². The zero-order chi connectivity index (χ0) is 30.8. The molecule has 1 aromatic heterocycles. The number of ether oxygens (including phenoxy) is 2. The van der Waals surface area contributed by atoms with Gasteiger partial charge in [-0.05, 0) is 63.1 Å². The SMILES string of the molecule is COc1cccc(OC)c1-c1nn(-c2ccc(C)cc2C)c2c1[C@H](c1ccccc1Cl)SCC(=O)N2CC(=O)NC(C)C. The Hall–Kier alpha value is -3.95. The maximum atomic E-state index is 14.0. The number of amides is 2. The first-order chi connectivity index (χ1) is 20.6. The number of aromatic nitrogens is 2. The summed E-state index contributed by atoms with van der Waals surface area (Å²) in [4.78, 5) is 28.8. The molecule has 2 heterocycles. The van der Waals surface area contributed by atoms with Gasteiger partial charge in [0, 0.05) is 16.6 Å². The van der Waals surface area contributed by atoms with E-state index in [2.05, 4.69) is 11.4 Å². The van der Waals surface area contributed by atoms with Crippen molar-refractivity contribution in [1.82, 2.24) is 15.1 Å². The molecule has 1 atom stereocenters. The van der Waals surface area contributed by atoms with Crippen LogP contribution >= 0.6 is 23.4 Å². The van der Waals surface area contributed by atoms with Gasteiger partial charge in [0.05, 0.1) is 36.5 Å². The lowest BCUT2D eigenvalue weighted by atomic mass is 9.98. The molecule has 8 nitrogen and oxygen atoms in total. The number of carbonyl (C=O) groups is 2. The van der Waals surface area contributed by atoms with E-state index in [1.807, 2.05) is 82.3 Å². The molecule has 0 saturated carbocycles. The average Bonchev–Trinajstić information content (AvgIpc) is 3.28. The highest BCUT2D eigenvalue weighted by Crippen LogP contribution is 2.52. The van der Waals surface area contributed by atoms with E-state index < -0.39 is 5.25 Å². The second kappa shape index (κ2) is 12.7. The van der Waals surface area contributed by atoms with Gasteiger partial charge in [0.2, 0.25) is 11.8 Å². The van der Waals surface area contributed by atoms with Crippen LogP contribution in [0.1, 0.15) is 41.4 Å². The van der Waals surface area contributed by atoms with Crippen LogP contribution in [0.3, 0.4) is 0 Å². The van der Waals surface area contributed by atoms with Gasteiger partial charge in [-0.1, -0.05) is 53.6 Å². The van der Waals surface area contributed by atoms with Crippen molar-refractivity contribution in [2.75, 3.05) is 31.4 Å². The molecule has 3 aromatic carbocycles. The normalized spacial score (nSPS) is 14.8. The lowest BCUT2D eigenvalue weighted by molar-refractivity contribution is -0.123.